The van der Waals surface area contributed by atoms with Crippen molar-refractivity contribution < 1.29 is 37.4 Å². The van der Waals surface area contributed by atoms with Crippen LogP contribution in [0.4, 0.5) is 18.4 Å². The normalized spacial score (nSPS) is 18.5. The van der Waals surface area contributed by atoms with Crippen molar-refractivity contribution in [1.82, 2.24) is 30.0 Å². The Labute approximate surface area is 299 Å². The number of alkyl halides is 2. The average molecular weight is 764 g/mol. The van der Waals surface area contributed by atoms with Gasteiger partial charge in [0.25, 0.3) is 5.92 Å². The summed E-state index contributed by atoms with van der Waals surface area (Å²) in [6.07, 6.45) is 0.845. The van der Waals surface area contributed by atoms with Gasteiger partial charge in [-0.25, -0.2) is 14.6 Å². The number of aromatic nitrogens is 2. The molecule has 0 saturated carbocycles. The van der Waals surface area contributed by atoms with Crippen LogP contribution >= 0.6 is 15.9 Å². The zero-order chi connectivity index (χ0) is 35.8. The molecule has 3 aromatic carbocycles. The second-order valence-corrected chi connectivity index (χ2v) is 14.3. The lowest BCUT2D eigenvalue weighted by Crippen LogP contribution is -2.52. The van der Waals surface area contributed by atoms with Crippen LogP contribution in [0.2, 0.25) is 0 Å². The number of rotatable bonds is 5. The predicted octanol–water partition coefficient (Wildman–Crippen LogP) is 6.35. The molecule has 8 rings (SSSR count). The van der Waals surface area contributed by atoms with Gasteiger partial charge in [0.1, 0.15) is 17.9 Å². The second-order valence-electron chi connectivity index (χ2n) is 13.4. The van der Waals surface area contributed by atoms with Crippen molar-refractivity contribution in [2.75, 3.05) is 27.1 Å². The Morgan fingerprint density at radius 3 is 2.33 bits per heavy atom. The maximum absolute atomic E-state index is 15.7. The van der Waals surface area contributed by atoms with Gasteiger partial charge in [-0.15, -0.1) is 0 Å². The van der Waals surface area contributed by atoms with Crippen LogP contribution in [0.25, 0.3) is 22.4 Å². The molecule has 1 saturated heterocycles. The first-order valence-electron chi connectivity index (χ1n) is 16.4. The number of amides is 4. The van der Waals surface area contributed by atoms with Crippen molar-refractivity contribution in [3.05, 3.63) is 87.3 Å². The monoisotopic (exact) mass is 762 g/mol. The minimum atomic E-state index is -3.20. The number of carbonyl (C=O) groups excluding carboxylic acids is 3. The van der Waals surface area contributed by atoms with Gasteiger partial charge in [0, 0.05) is 40.4 Å². The van der Waals surface area contributed by atoms with E-state index in [2.05, 4.69) is 26.2 Å². The fraction of sp³-hybridized carbons (Fsp3) is 0.333. The Balaban J connectivity index is 1.09. The SMILES string of the molecule is COC(=O)N[C@H](C(=O)N1CN(C(=O)N2Cc3cc4c(cc3C2)OCO4)C[C@H]1c1nc(-c2ccc3c(c2)C(F)(F)c2cc(Br)ccc2-3)c[nH]1)C(C)C. The Bertz CT molecular complexity index is 2070. The number of ether oxygens (including phenoxy) is 3. The number of urea groups is 1. The number of carbonyl (C=O) groups is 3. The molecule has 4 aromatic rings. The van der Waals surface area contributed by atoms with Crippen LogP contribution in [-0.2, 0) is 28.5 Å². The Hall–Kier alpha value is -5.18. The molecule has 12 nitrogen and oxygen atoms in total. The molecule has 1 aliphatic carbocycles. The number of aromatic amines is 1. The van der Waals surface area contributed by atoms with Gasteiger partial charge in [-0.3, -0.25) is 4.79 Å². The highest BCUT2D eigenvalue weighted by Crippen LogP contribution is 2.52. The molecule has 0 radical (unpaired) electrons. The summed E-state index contributed by atoms with van der Waals surface area (Å²) in [5.74, 6) is -2.30. The number of nitrogens with zero attached hydrogens (tertiary/aromatic N) is 4. The van der Waals surface area contributed by atoms with E-state index >= 15 is 8.78 Å². The number of benzene rings is 3. The highest BCUT2D eigenvalue weighted by Gasteiger charge is 2.46. The lowest BCUT2D eigenvalue weighted by Gasteiger charge is -2.29. The summed E-state index contributed by atoms with van der Waals surface area (Å²) in [7, 11) is 1.22. The van der Waals surface area contributed by atoms with Crippen LogP contribution < -0.4 is 14.8 Å². The predicted molar refractivity (Wildman–Crippen MR) is 183 cm³/mol. The zero-order valence-corrected chi connectivity index (χ0v) is 29.4. The molecule has 4 aliphatic rings. The number of nitrogens with one attached hydrogen (secondary N) is 2. The van der Waals surface area contributed by atoms with Crippen LogP contribution in [0.1, 0.15) is 48.0 Å². The molecule has 1 fully saturated rings. The Morgan fingerprint density at radius 1 is 1.00 bits per heavy atom. The third-order valence-corrected chi connectivity index (χ3v) is 10.4. The van der Waals surface area contributed by atoms with E-state index < -0.39 is 30.0 Å². The smallest absolute Gasteiger partial charge is 0.407 e. The molecule has 2 N–H and O–H groups in total. The minimum absolute atomic E-state index is 0.0660. The van der Waals surface area contributed by atoms with Gasteiger partial charge in [-0.1, -0.05) is 48.0 Å². The molecule has 264 valence electrons. The largest absolute Gasteiger partial charge is 0.454 e. The van der Waals surface area contributed by atoms with E-state index in [0.29, 0.717) is 57.3 Å². The molecule has 4 heterocycles. The van der Waals surface area contributed by atoms with Crippen molar-refractivity contribution in [3.8, 4) is 33.9 Å². The number of methoxy groups -OCH3 is 1. The lowest BCUT2D eigenvalue weighted by atomic mass is 10.0. The first-order valence-corrected chi connectivity index (χ1v) is 17.2. The number of H-pyrrole nitrogens is 1. The van der Waals surface area contributed by atoms with Gasteiger partial charge < -0.3 is 39.2 Å². The first kappa shape index (κ1) is 33.0. The van der Waals surface area contributed by atoms with Gasteiger partial charge >= 0.3 is 12.1 Å². The molecule has 15 heteroatoms. The van der Waals surface area contributed by atoms with E-state index in [-0.39, 0.29) is 43.1 Å². The van der Waals surface area contributed by atoms with E-state index in [9.17, 15) is 14.4 Å². The van der Waals surface area contributed by atoms with Gasteiger partial charge in [-0.2, -0.15) is 8.78 Å². The highest BCUT2D eigenvalue weighted by molar-refractivity contribution is 9.10. The van der Waals surface area contributed by atoms with Gasteiger partial charge in [-0.05, 0) is 58.5 Å². The van der Waals surface area contributed by atoms with Crippen LogP contribution in [0.15, 0.2) is 59.2 Å². The minimum Gasteiger partial charge on any atom is -0.454 e. The molecule has 0 bridgehead atoms. The van der Waals surface area contributed by atoms with Gasteiger partial charge in [0.05, 0.1) is 26.0 Å². The molecule has 0 spiro atoms. The van der Waals surface area contributed by atoms with Crippen molar-refractivity contribution in [2.24, 2.45) is 5.92 Å². The lowest BCUT2D eigenvalue weighted by molar-refractivity contribution is -0.135. The first-order chi connectivity index (χ1) is 24.4. The molecule has 3 aliphatic heterocycles. The van der Waals surface area contributed by atoms with Gasteiger partial charge in [0.15, 0.2) is 11.5 Å². The fourth-order valence-corrected chi connectivity index (χ4v) is 7.62. The van der Waals surface area contributed by atoms with Crippen LogP contribution in [0, 0.1) is 5.92 Å². The number of imidazole rings is 1. The third-order valence-electron chi connectivity index (χ3n) is 9.90. The summed E-state index contributed by atoms with van der Waals surface area (Å²) < 4.78 is 47.7. The van der Waals surface area contributed by atoms with E-state index in [0.717, 1.165) is 11.1 Å². The quantitative estimate of drug-likeness (QED) is 0.243. The zero-order valence-electron chi connectivity index (χ0n) is 27.8. The molecule has 2 atom stereocenters. The number of alkyl carbamates (subject to hydrolysis) is 1. The van der Waals surface area contributed by atoms with E-state index in [1.807, 2.05) is 12.1 Å². The molecular weight excluding hydrogens is 730 g/mol. The standard InChI is InChI=1S/C36H33BrF2N6O6/c1-18(2)31(42-34(47)49-3)33(46)45-16-44(35(48)43-13-20-9-29-30(51-17-50-29)10-21(20)14-43)15-28(45)32-40-12-27(41-32)19-4-6-23-24-7-5-22(37)11-26(24)36(38,39)25(23)8-19/h4-12,18,28,31H,13-17H2,1-3H3,(H,40,41)(H,42,47)/t28-,31-/m0/s1. The van der Waals surface area contributed by atoms with E-state index in [1.54, 1.807) is 54.1 Å². The molecular formula is C36H33BrF2N6O6. The number of halogens is 3. The third kappa shape index (κ3) is 5.54. The molecule has 4 amide bonds. The topological polar surface area (TPSA) is 129 Å². The Morgan fingerprint density at radius 2 is 1.67 bits per heavy atom. The van der Waals surface area contributed by atoms with Crippen molar-refractivity contribution >= 4 is 34.0 Å². The van der Waals surface area contributed by atoms with Crippen LogP contribution in [0.5, 0.6) is 11.5 Å². The van der Waals surface area contributed by atoms with Gasteiger partial charge in [0.2, 0.25) is 12.7 Å². The number of fused-ring (bicyclic) bond motifs is 5. The molecule has 0 unspecified atom stereocenters. The second kappa shape index (κ2) is 12.2. The number of hydrogen-bond acceptors (Lipinski definition) is 7. The van der Waals surface area contributed by atoms with Crippen molar-refractivity contribution in [1.29, 1.82) is 0 Å². The maximum atomic E-state index is 15.7. The molecule has 51 heavy (non-hydrogen) atoms. The summed E-state index contributed by atoms with van der Waals surface area (Å²) in [5.41, 5.74) is 3.51. The number of hydrogen-bond donors (Lipinski definition) is 2. The molecule has 1 aromatic heterocycles. The van der Waals surface area contributed by atoms with Crippen LogP contribution in [0.3, 0.4) is 0 Å². The summed E-state index contributed by atoms with van der Waals surface area (Å²) in [4.78, 5) is 53.1. The maximum Gasteiger partial charge on any atom is 0.407 e. The average Bonchev–Trinajstić information content (AvgIpc) is 3.95. The fourth-order valence-electron chi connectivity index (χ4n) is 7.25. The highest BCUT2D eigenvalue weighted by atomic mass is 79.9. The Kier molecular flexibility index (Phi) is 7.92. The summed E-state index contributed by atoms with van der Waals surface area (Å²) in [6, 6.07) is 11.5. The van der Waals surface area contributed by atoms with Crippen molar-refractivity contribution in [2.45, 2.75) is 44.9 Å². The summed E-state index contributed by atoms with van der Waals surface area (Å²) in [5, 5.41) is 2.63. The van der Waals surface area contributed by atoms with E-state index in [1.165, 1.54) is 24.1 Å². The summed E-state index contributed by atoms with van der Waals surface area (Å²) in [6.45, 7) is 4.48. The summed E-state index contributed by atoms with van der Waals surface area (Å²) >= 11 is 3.30. The van der Waals surface area contributed by atoms with E-state index in [4.69, 9.17) is 19.2 Å². The van der Waals surface area contributed by atoms with Crippen LogP contribution in [-0.4, -0.2) is 75.9 Å². The van der Waals surface area contributed by atoms with Crippen molar-refractivity contribution in [3.63, 3.8) is 0 Å².